The molecule has 2 heterocycles. The van der Waals surface area contributed by atoms with Crippen LogP contribution in [-0.2, 0) is 9.47 Å². The van der Waals surface area contributed by atoms with Crippen molar-refractivity contribution in [2.75, 3.05) is 33.0 Å². The summed E-state index contributed by atoms with van der Waals surface area (Å²) in [6.45, 7) is 9.38. The lowest BCUT2D eigenvalue weighted by Crippen LogP contribution is -2.16. The maximum Gasteiger partial charge on any atom is 0.347 e. The molecule has 7 nitrogen and oxygen atoms in total. The molecule has 0 saturated carbocycles. The number of aromatic nitrogens is 1. The Kier molecular flexibility index (Phi) is 8.39. The van der Waals surface area contributed by atoms with E-state index in [-0.39, 0.29) is 4.88 Å². The van der Waals surface area contributed by atoms with Crippen LogP contribution in [0.1, 0.15) is 34.8 Å². The molecule has 1 aromatic carbocycles. The fourth-order valence-corrected chi connectivity index (χ4v) is 3.19. The normalized spacial score (nSPS) is 13.4. The number of aryl methyl sites for hydroxylation is 1. The van der Waals surface area contributed by atoms with Crippen molar-refractivity contribution in [1.29, 1.82) is 5.26 Å². The van der Waals surface area contributed by atoms with Gasteiger partial charge in [0.25, 0.3) is 0 Å². The highest BCUT2D eigenvalue weighted by Gasteiger charge is 2.16. The number of carboxylic acid groups (broad SMARTS) is 1. The van der Waals surface area contributed by atoms with Crippen LogP contribution in [0.5, 0.6) is 5.75 Å². The van der Waals surface area contributed by atoms with Crippen LogP contribution in [-0.4, -0.2) is 49.1 Å². The zero-order chi connectivity index (χ0) is 20.5. The monoisotopic (exact) mass is 404 g/mol. The number of benzene rings is 1. The van der Waals surface area contributed by atoms with E-state index in [1.807, 2.05) is 13.8 Å². The first-order chi connectivity index (χ1) is 13.4. The first-order valence-corrected chi connectivity index (χ1v) is 9.77. The Morgan fingerprint density at radius 3 is 2.43 bits per heavy atom. The molecule has 1 N–H and O–H groups in total. The summed E-state index contributed by atoms with van der Waals surface area (Å²) in [5.74, 6) is -0.0868. The molecule has 150 valence electrons. The lowest BCUT2D eigenvalue weighted by Gasteiger charge is -2.10. The summed E-state index contributed by atoms with van der Waals surface area (Å²) in [6.07, 6.45) is 0. The van der Waals surface area contributed by atoms with Crippen LogP contribution < -0.4 is 4.74 Å². The van der Waals surface area contributed by atoms with Gasteiger partial charge in [-0.05, 0) is 31.0 Å². The van der Waals surface area contributed by atoms with E-state index in [4.69, 9.17) is 19.3 Å². The first kappa shape index (κ1) is 21.8. The van der Waals surface area contributed by atoms with E-state index in [9.17, 15) is 10.1 Å². The predicted octanol–water partition coefficient (Wildman–Crippen LogP) is 3.76. The molecule has 0 unspecified atom stereocenters. The van der Waals surface area contributed by atoms with E-state index < -0.39 is 5.97 Å². The zero-order valence-corrected chi connectivity index (χ0v) is 17.0. The summed E-state index contributed by atoms with van der Waals surface area (Å²) >= 11 is 1.10. The highest BCUT2D eigenvalue weighted by atomic mass is 32.1. The maximum absolute atomic E-state index is 11.1. The first-order valence-electron chi connectivity index (χ1n) is 8.96. The van der Waals surface area contributed by atoms with Crippen LogP contribution in [0, 0.1) is 24.2 Å². The second-order valence-electron chi connectivity index (χ2n) is 6.49. The van der Waals surface area contributed by atoms with Crippen molar-refractivity contribution in [2.24, 2.45) is 5.92 Å². The summed E-state index contributed by atoms with van der Waals surface area (Å²) in [7, 11) is 0. The minimum absolute atomic E-state index is 0.216. The maximum atomic E-state index is 11.1. The second kappa shape index (κ2) is 10.8. The molecule has 1 aromatic heterocycles. The molecule has 1 fully saturated rings. The fourth-order valence-electron chi connectivity index (χ4n) is 2.29. The molecule has 0 spiro atoms. The summed E-state index contributed by atoms with van der Waals surface area (Å²) in [5.41, 5.74) is 1.61. The average molecular weight is 404 g/mol. The van der Waals surface area contributed by atoms with E-state index in [0.717, 1.165) is 37.8 Å². The van der Waals surface area contributed by atoms with Crippen molar-refractivity contribution in [3.63, 3.8) is 0 Å². The standard InChI is InChI=1S/C16H16N2O3S.C4H8O2/c1-9(2)8-21-13-5-4-11(6-12(13)7-17)15-18-10(3)14(22-15)16(19)20;1-2-6-4-3-5-1/h4-6,9H,8H2,1-3H3,(H,19,20);1-4H2. The van der Waals surface area contributed by atoms with Crippen LogP contribution in [0.4, 0.5) is 0 Å². The molecule has 0 amide bonds. The Hall–Kier alpha value is -2.47. The Bertz CT molecular complexity index is 826. The van der Waals surface area contributed by atoms with Crippen LogP contribution in [0.25, 0.3) is 10.6 Å². The Morgan fingerprint density at radius 1 is 1.32 bits per heavy atom. The number of rotatable bonds is 5. The van der Waals surface area contributed by atoms with Crippen molar-refractivity contribution in [2.45, 2.75) is 20.8 Å². The Balaban J connectivity index is 0.000000397. The number of thiazole rings is 1. The van der Waals surface area contributed by atoms with Gasteiger partial charge in [-0.3, -0.25) is 0 Å². The van der Waals surface area contributed by atoms with Crippen molar-refractivity contribution >= 4 is 17.3 Å². The average Bonchev–Trinajstić information content (AvgIpc) is 3.10. The van der Waals surface area contributed by atoms with E-state index in [1.54, 1.807) is 25.1 Å². The van der Waals surface area contributed by atoms with Gasteiger partial charge >= 0.3 is 5.97 Å². The molecule has 0 aliphatic carbocycles. The molecule has 0 atom stereocenters. The number of ether oxygens (including phenoxy) is 3. The molecular weight excluding hydrogens is 380 g/mol. The highest BCUT2D eigenvalue weighted by molar-refractivity contribution is 7.17. The molecule has 1 saturated heterocycles. The minimum atomic E-state index is -0.987. The zero-order valence-electron chi connectivity index (χ0n) is 16.2. The number of hydrogen-bond acceptors (Lipinski definition) is 7. The summed E-state index contributed by atoms with van der Waals surface area (Å²) in [6, 6.07) is 7.31. The van der Waals surface area contributed by atoms with Gasteiger partial charge in [0.2, 0.25) is 0 Å². The van der Waals surface area contributed by atoms with E-state index >= 15 is 0 Å². The second-order valence-corrected chi connectivity index (χ2v) is 7.49. The van der Waals surface area contributed by atoms with Crippen LogP contribution in [0.15, 0.2) is 18.2 Å². The van der Waals surface area contributed by atoms with Crippen molar-refractivity contribution in [3.8, 4) is 22.4 Å². The third-order valence-corrected chi connectivity index (χ3v) is 4.85. The Morgan fingerprint density at radius 2 is 1.96 bits per heavy atom. The van der Waals surface area contributed by atoms with Gasteiger partial charge in [0.15, 0.2) is 0 Å². The lowest BCUT2D eigenvalue weighted by molar-refractivity contribution is -0.0334. The van der Waals surface area contributed by atoms with E-state index in [2.05, 4.69) is 11.1 Å². The van der Waals surface area contributed by atoms with E-state index in [0.29, 0.717) is 40.1 Å². The van der Waals surface area contributed by atoms with Gasteiger partial charge in [-0.15, -0.1) is 11.3 Å². The van der Waals surface area contributed by atoms with Crippen LogP contribution in [0.2, 0.25) is 0 Å². The molecule has 28 heavy (non-hydrogen) atoms. The lowest BCUT2D eigenvalue weighted by atomic mass is 10.1. The van der Waals surface area contributed by atoms with E-state index in [1.165, 1.54) is 0 Å². The van der Waals surface area contributed by atoms with Gasteiger partial charge < -0.3 is 19.3 Å². The minimum Gasteiger partial charge on any atom is -0.492 e. The smallest absolute Gasteiger partial charge is 0.347 e. The molecular formula is C20H24N2O5S. The SMILES string of the molecule is C1COCCO1.Cc1nc(-c2ccc(OCC(C)C)c(C#N)c2)sc1C(=O)O. The predicted molar refractivity (Wildman–Crippen MR) is 106 cm³/mol. The molecule has 0 radical (unpaired) electrons. The third-order valence-electron chi connectivity index (χ3n) is 3.65. The van der Waals surface area contributed by atoms with Gasteiger partial charge in [0.05, 0.1) is 44.3 Å². The number of aromatic carboxylic acids is 1. The number of carboxylic acids is 1. The number of carbonyl (C=O) groups is 1. The number of nitriles is 1. The molecule has 0 bridgehead atoms. The quantitative estimate of drug-likeness (QED) is 0.809. The third kappa shape index (κ3) is 6.30. The number of nitrogens with zero attached hydrogens (tertiary/aromatic N) is 2. The van der Waals surface area contributed by atoms with Gasteiger partial charge in [-0.1, -0.05) is 13.8 Å². The van der Waals surface area contributed by atoms with Crippen molar-refractivity contribution in [1.82, 2.24) is 4.98 Å². The molecule has 8 heteroatoms. The Labute approximate surface area is 168 Å². The summed E-state index contributed by atoms with van der Waals surface area (Å²) in [5, 5.41) is 18.9. The van der Waals surface area contributed by atoms with Gasteiger partial charge in [-0.25, -0.2) is 9.78 Å². The topological polar surface area (TPSA) is 102 Å². The summed E-state index contributed by atoms with van der Waals surface area (Å²) < 4.78 is 15.5. The largest absolute Gasteiger partial charge is 0.492 e. The van der Waals surface area contributed by atoms with Gasteiger partial charge in [0, 0.05) is 5.56 Å². The van der Waals surface area contributed by atoms with Gasteiger partial charge in [-0.2, -0.15) is 5.26 Å². The fraction of sp³-hybridized carbons (Fsp3) is 0.450. The van der Waals surface area contributed by atoms with Crippen molar-refractivity contribution < 1.29 is 24.1 Å². The highest BCUT2D eigenvalue weighted by Crippen LogP contribution is 2.31. The number of hydrogen-bond donors (Lipinski definition) is 1. The molecule has 1 aliphatic heterocycles. The summed E-state index contributed by atoms with van der Waals surface area (Å²) in [4.78, 5) is 15.6. The van der Waals surface area contributed by atoms with Gasteiger partial charge in [0.1, 0.15) is 21.7 Å². The molecule has 3 rings (SSSR count). The molecule has 2 aromatic rings. The van der Waals surface area contributed by atoms with Crippen LogP contribution in [0.3, 0.4) is 0 Å². The molecule has 1 aliphatic rings. The van der Waals surface area contributed by atoms with Crippen molar-refractivity contribution in [3.05, 3.63) is 34.3 Å². The van der Waals surface area contributed by atoms with Crippen LogP contribution >= 0.6 is 11.3 Å².